The van der Waals surface area contributed by atoms with E-state index in [1.807, 2.05) is 12.1 Å². The molecule has 2 amide bonds. The van der Waals surface area contributed by atoms with Crippen LogP contribution in [0.3, 0.4) is 0 Å². The number of hydrogen-bond donors (Lipinski definition) is 2. The molecule has 3 saturated carbocycles. The van der Waals surface area contributed by atoms with Crippen molar-refractivity contribution in [3.63, 3.8) is 0 Å². The zero-order chi connectivity index (χ0) is 30.0. The Morgan fingerprint density at radius 2 is 1.93 bits per heavy atom. The maximum Gasteiger partial charge on any atom is 0.229 e. The van der Waals surface area contributed by atoms with Crippen LogP contribution in [0.2, 0.25) is 0 Å². The number of rotatable bonds is 5. The van der Waals surface area contributed by atoms with Gasteiger partial charge in [-0.15, -0.1) is 0 Å². The molecule has 1 spiro atoms. The molecule has 0 bridgehead atoms. The molecule has 2 aliphatic heterocycles. The standard InChI is InChI=1S/C36H51N3O4/c1-22-9-14-36(42-21-22)23(2)33-30(43-36)17-29-27-8-7-25-16-26(10-12-34(25,3)28(27)11-13-35(29,33)4)39-32(41)18-31(40)38-20-24-6-5-15-37-19-24/h5-7,15,19,22-23,26-30,33H,8-14,16-18,20-21H2,1-4H3,(H,38,40)(H,39,41)/t22-,23+,26?,27-,28+,29+,30+,33?,34+,35+,36-/m1/s1. The summed E-state index contributed by atoms with van der Waals surface area (Å²) in [6, 6.07) is 3.86. The van der Waals surface area contributed by atoms with Crippen LogP contribution in [0.15, 0.2) is 36.2 Å². The van der Waals surface area contributed by atoms with Crippen LogP contribution in [-0.4, -0.2) is 41.3 Å². The summed E-state index contributed by atoms with van der Waals surface area (Å²) in [7, 11) is 0. The molecule has 0 aromatic carbocycles. The lowest BCUT2D eigenvalue weighted by Crippen LogP contribution is -2.53. The summed E-state index contributed by atoms with van der Waals surface area (Å²) in [5, 5.41) is 6.03. The maximum absolute atomic E-state index is 12.8. The number of fused-ring (bicyclic) bond motifs is 7. The fourth-order valence-corrected chi connectivity index (χ4v) is 11.0. The SMILES string of the molecule is C[C@@H]1CC[C@@]2(OC1)O[C@H]1C[C@H]3[C@@H]4CC=C5CC(NC(=O)CC(=O)NCc6cccnc6)CC[C@]5(C)[C@H]4CC[C@]3(C)C1[C@@H]2C. The van der Waals surface area contributed by atoms with E-state index in [2.05, 4.69) is 49.4 Å². The molecule has 2 N–H and O–H groups in total. The van der Waals surface area contributed by atoms with Crippen LogP contribution in [0.5, 0.6) is 0 Å². The highest BCUT2D eigenvalue weighted by atomic mass is 16.7. The molecule has 234 valence electrons. The van der Waals surface area contributed by atoms with Crippen LogP contribution in [-0.2, 0) is 25.6 Å². The summed E-state index contributed by atoms with van der Waals surface area (Å²) in [6.45, 7) is 11.1. The summed E-state index contributed by atoms with van der Waals surface area (Å²) in [5.74, 6) is 3.04. The first-order chi connectivity index (χ1) is 20.6. The van der Waals surface area contributed by atoms with Crippen LogP contribution in [0.1, 0.15) is 97.5 Å². The van der Waals surface area contributed by atoms with Gasteiger partial charge in [0.25, 0.3) is 0 Å². The molecule has 0 radical (unpaired) electrons. The third-order valence-electron chi connectivity index (χ3n) is 13.3. The van der Waals surface area contributed by atoms with E-state index in [0.29, 0.717) is 53.6 Å². The molecule has 2 saturated heterocycles. The number of ether oxygens (including phenoxy) is 2. The predicted octanol–water partition coefficient (Wildman–Crippen LogP) is 5.94. The Balaban J connectivity index is 0.975. The fraction of sp³-hybridized carbons (Fsp3) is 0.750. The Bertz CT molecular complexity index is 1260. The molecule has 1 aromatic rings. The summed E-state index contributed by atoms with van der Waals surface area (Å²) in [4.78, 5) is 29.3. The Morgan fingerprint density at radius 1 is 1.07 bits per heavy atom. The maximum atomic E-state index is 12.8. The van der Waals surface area contributed by atoms with Crippen LogP contribution >= 0.6 is 0 Å². The Hall–Kier alpha value is -2.25. The van der Waals surface area contributed by atoms with Gasteiger partial charge in [-0.05, 0) is 103 Å². The molecular formula is C36H51N3O4. The number of aromatic nitrogens is 1. The molecule has 1 aromatic heterocycles. The van der Waals surface area contributed by atoms with Gasteiger partial charge in [-0.1, -0.05) is 45.4 Å². The van der Waals surface area contributed by atoms with Crippen LogP contribution < -0.4 is 10.6 Å². The van der Waals surface area contributed by atoms with Gasteiger partial charge < -0.3 is 20.1 Å². The first-order valence-corrected chi connectivity index (χ1v) is 17.1. The first kappa shape index (κ1) is 29.5. The highest BCUT2D eigenvalue weighted by Gasteiger charge is 2.68. The first-order valence-electron chi connectivity index (χ1n) is 17.1. The largest absolute Gasteiger partial charge is 0.353 e. The van der Waals surface area contributed by atoms with Crippen molar-refractivity contribution in [3.05, 3.63) is 41.7 Å². The van der Waals surface area contributed by atoms with Crippen molar-refractivity contribution in [2.24, 2.45) is 46.3 Å². The van der Waals surface area contributed by atoms with Crippen molar-refractivity contribution in [2.45, 2.75) is 116 Å². The van der Waals surface area contributed by atoms with Gasteiger partial charge >= 0.3 is 0 Å². The average Bonchev–Trinajstić information content (AvgIpc) is 3.44. The van der Waals surface area contributed by atoms with E-state index in [1.54, 1.807) is 18.0 Å². The summed E-state index contributed by atoms with van der Waals surface area (Å²) in [6.07, 6.45) is 16.4. The zero-order valence-electron chi connectivity index (χ0n) is 26.6. The lowest BCUT2D eigenvalue weighted by Gasteiger charge is -2.58. The number of carbonyl (C=O) groups is 2. The van der Waals surface area contributed by atoms with Gasteiger partial charge in [-0.3, -0.25) is 14.6 Å². The van der Waals surface area contributed by atoms with Gasteiger partial charge in [0.05, 0.1) is 12.7 Å². The predicted molar refractivity (Wildman–Crippen MR) is 164 cm³/mol. The molecule has 4 aliphatic carbocycles. The van der Waals surface area contributed by atoms with Gasteiger partial charge in [0, 0.05) is 37.3 Å². The van der Waals surface area contributed by atoms with Crippen molar-refractivity contribution in [1.29, 1.82) is 0 Å². The van der Waals surface area contributed by atoms with E-state index in [9.17, 15) is 9.59 Å². The van der Waals surface area contributed by atoms with E-state index in [0.717, 1.165) is 44.3 Å². The van der Waals surface area contributed by atoms with E-state index < -0.39 is 0 Å². The summed E-state index contributed by atoms with van der Waals surface area (Å²) in [5.41, 5.74) is 3.00. The van der Waals surface area contributed by atoms with Gasteiger partial charge in [0.1, 0.15) is 6.42 Å². The molecule has 11 atom stereocenters. The van der Waals surface area contributed by atoms with Gasteiger partial charge in [-0.25, -0.2) is 0 Å². The van der Waals surface area contributed by atoms with Crippen LogP contribution in [0, 0.1) is 46.3 Å². The van der Waals surface area contributed by atoms with Gasteiger partial charge in [-0.2, -0.15) is 0 Å². The Labute approximate surface area is 257 Å². The van der Waals surface area contributed by atoms with Crippen LogP contribution in [0.25, 0.3) is 0 Å². The minimum Gasteiger partial charge on any atom is -0.353 e. The fourth-order valence-electron chi connectivity index (χ4n) is 11.0. The quantitative estimate of drug-likeness (QED) is 0.328. The number of allylic oxidation sites excluding steroid dienone is 1. The number of nitrogens with one attached hydrogen (secondary N) is 2. The van der Waals surface area contributed by atoms with Crippen LogP contribution in [0.4, 0.5) is 0 Å². The second kappa shape index (κ2) is 11.0. The van der Waals surface area contributed by atoms with E-state index in [-0.39, 0.29) is 35.5 Å². The van der Waals surface area contributed by atoms with E-state index in [1.165, 1.54) is 25.7 Å². The molecule has 43 heavy (non-hydrogen) atoms. The molecule has 7 rings (SSSR count). The van der Waals surface area contributed by atoms with Crippen molar-refractivity contribution < 1.29 is 19.1 Å². The zero-order valence-corrected chi connectivity index (χ0v) is 26.6. The molecule has 2 unspecified atom stereocenters. The Morgan fingerprint density at radius 3 is 2.70 bits per heavy atom. The molecule has 7 nitrogen and oxygen atoms in total. The van der Waals surface area contributed by atoms with Crippen molar-refractivity contribution >= 4 is 11.8 Å². The highest BCUT2D eigenvalue weighted by molar-refractivity contribution is 5.96. The second-order valence-electron chi connectivity index (χ2n) is 15.6. The molecular weight excluding hydrogens is 538 g/mol. The lowest BCUT2D eigenvalue weighted by atomic mass is 9.46. The third kappa shape index (κ3) is 4.97. The molecule has 7 heteroatoms. The number of nitrogens with zero attached hydrogens (tertiary/aromatic N) is 1. The smallest absolute Gasteiger partial charge is 0.229 e. The van der Waals surface area contributed by atoms with E-state index >= 15 is 0 Å². The molecule has 6 aliphatic rings. The van der Waals surface area contributed by atoms with Gasteiger partial charge in [0.2, 0.25) is 11.8 Å². The lowest BCUT2D eigenvalue weighted by molar-refractivity contribution is -0.272. The minimum atomic E-state index is -0.346. The third-order valence-corrected chi connectivity index (χ3v) is 13.3. The van der Waals surface area contributed by atoms with E-state index in [4.69, 9.17) is 9.47 Å². The number of hydrogen-bond acceptors (Lipinski definition) is 5. The monoisotopic (exact) mass is 589 g/mol. The second-order valence-corrected chi connectivity index (χ2v) is 15.6. The van der Waals surface area contributed by atoms with Crippen molar-refractivity contribution in [1.82, 2.24) is 15.6 Å². The van der Waals surface area contributed by atoms with Gasteiger partial charge in [0.15, 0.2) is 5.79 Å². The summed E-state index contributed by atoms with van der Waals surface area (Å²) >= 11 is 0. The van der Waals surface area contributed by atoms with Crippen molar-refractivity contribution in [3.8, 4) is 0 Å². The average molecular weight is 590 g/mol. The normalized spacial score (nSPS) is 44.9. The topological polar surface area (TPSA) is 89.5 Å². The summed E-state index contributed by atoms with van der Waals surface area (Å²) < 4.78 is 13.5. The highest BCUT2D eigenvalue weighted by Crippen LogP contribution is 2.70. The number of carbonyl (C=O) groups excluding carboxylic acids is 2. The van der Waals surface area contributed by atoms with Crippen molar-refractivity contribution in [2.75, 3.05) is 6.61 Å². The Kier molecular flexibility index (Phi) is 7.52. The number of pyridine rings is 1. The number of amides is 2. The molecule has 3 heterocycles. The minimum absolute atomic E-state index is 0.109. The molecule has 5 fully saturated rings.